The zero-order chi connectivity index (χ0) is 13.8. The Kier molecular flexibility index (Phi) is 4.56. The largest absolute Gasteiger partial charge is 0.389 e. The van der Waals surface area contributed by atoms with Crippen LogP contribution in [0.25, 0.3) is 0 Å². The standard InChI is InChI=1S/C15H15BrN2S/c1-18(10-11-5-4-6-12(16)9-11)14-8-3-2-7-13(14)15(17)19/h2-9H,10H2,1H3,(H2,17,19). The zero-order valence-corrected chi connectivity index (χ0v) is 13.0. The number of benzene rings is 2. The van der Waals surface area contributed by atoms with E-state index in [2.05, 4.69) is 33.0 Å². The van der Waals surface area contributed by atoms with Crippen molar-refractivity contribution in [3.05, 3.63) is 64.1 Å². The van der Waals surface area contributed by atoms with Crippen molar-refractivity contribution < 1.29 is 0 Å². The molecule has 2 aromatic carbocycles. The minimum atomic E-state index is 0.427. The van der Waals surface area contributed by atoms with Gasteiger partial charge in [0.25, 0.3) is 0 Å². The van der Waals surface area contributed by atoms with Crippen molar-refractivity contribution in [2.45, 2.75) is 6.54 Å². The molecule has 98 valence electrons. The monoisotopic (exact) mass is 334 g/mol. The molecule has 2 aromatic rings. The van der Waals surface area contributed by atoms with Gasteiger partial charge >= 0.3 is 0 Å². The van der Waals surface area contributed by atoms with Crippen molar-refractivity contribution in [2.24, 2.45) is 5.73 Å². The van der Waals surface area contributed by atoms with Gasteiger partial charge in [0.2, 0.25) is 0 Å². The molecule has 0 saturated carbocycles. The van der Waals surface area contributed by atoms with E-state index in [4.69, 9.17) is 18.0 Å². The number of nitrogens with two attached hydrogens (primary N) is 1. The van der Waals surface area contributed by atoms with Crippen molar-refractivity contribution in [1.29, 1.82) is 0 Å². The van der Waals surface area contributed by atoms with Gasteiger partial charge < -0.3 is 10.6 Å². The van der Waals surface area contributed by atoms with Crippen molar-refractivity contribution >= 4 is 38.8 Å². The van der Waals surface area contributed by atoms with Crippen LogP contribution in [-0.2, 0) is 6.54 Å². The first-order valence-electron chi connectivity index (χ1n) is 5.92. The first-order chi connectivity index (χ1) is 9.08. The number of thiocarbonyl (C=S) groups is 1. The highest BCUT2D eigenvalue weighted by molar-refractivity contribution is 9.10. The van der Waals surface area contributed by atoms with E-state index in [0.717, 1.165) is 22.3 Å². The van der Waals surface area contributed by atoms with Crippen molar-refractivity contribution in [3.63, 3.8) is 0 Å². The third-order valence-corrected chi connectivity index (χ3v) is 3.60. The molecule has 0 radical (unpaired) electrons. The van der Waals surface area contributed by atoms with Crippen LogP contribution >= 0.6 is 28.1 Å². The van der Waals surface area contributed by atoms with Gasteiger partial charge in [0.05, 0.1) is 0 Å². The van der Waals surface area contributed by atoms with Crippen molar-refractivity contribution in [2.75, 3.05) is 11.9 Å². The number of halogens is 1. The fraction of sp³-hybridized carbons (Fsp3) is 0.133. The van der Waals surface area contributed by atoms with Gasteiger partial charge in [0.15, 0.2) is 0 Å². The Morgan fingerprint density at radius 1 is 1.21 bits per heavy atom. The lowest BCUT2D eigenvalue weighted by Crippen LogP contribution is -2.21. The molecule has 19 heavy (non-hydrogen) atoms. The molecule has 0 aliphatic rings. The van der Waals surface area contributed by atoms with Crippen LogP contribution in [0.4, 0.5) is 5.69 Å². The second-order valence-corrected chi connectivity index (χ2v) is 5.72. The Morgan fingerprint density at radius 2 is 1.95 bits per heavy atom. The van der Waals surface area contributed by atoms with E-state index in [-0.39, 0.29) is 0 Å². The predicted molar refractivity (Wildman–Crippen MR) is 88.6 cm³/mol. The lowest BCUT2D eigenvalue weighted by atomic mass is 10.1. The SMILES string of the molecule is CN(Cc1cccc(Br)c1)c1ccccc1C(N)=S. The minimum absolute atomic E-state index is 0.427. The summed E-state index contributed by atoms with van der Waals surface area (Å²) in [4.78, 5) is 2.58. The third kappa shape index (κ3) is 3.55. The van der Waals surface area contributed by atoms with Gasteiger partial charge in [-0.2, -0.15) is 0 Å². The molecular formula is C15H15BrN2S. The first kappa shape index (κ1) is 14.0. The average Bonchev–Trinajstić information content (AvgIpc) is 2.38. The molecule has 0 bridgehead atoms. The Hall–Kier alpha value is -1.39. The van der Waals surface area contributed by atoms with Crippen LogP contribution in [0.5, 0.6) is 0 Å². The molecule has 2 N–H and O–H groups in total. The molecule has 0 aliphatic carbocycles. The smallest absolute Gasteiger partial charge is 0.106 e. The molecule has 0 saturated heterocycles. The molecule has 0 heterocycles. The van der Waals surface area contributed by atoms with Crippen molar-refractivity contribution in [3.8, 4) is 0 Å². The van der Waals surface area contributed by atoms with Gasteiger partial charge in [0.1, 0.15) is 4.99 Å². The summed E-state index contributed by atoms with van der Waals surface area (Å²) in [5, 5.41) is 0. The fourth-order valence-corrected chi connectivity index (χ4v) is 2.63. The summed E-state index contributed by atoms with van der Waals surface area (Å²) in [7, 11) is 2.04. The molecule has 0 unspecified atom stereocenters. The van der Waals surface area contributed by atoms with Crippen molar-refractivity contribution in [1.82, 2.24) is 0 Å². The highest BCUT2D eigenvalue weighted by Gasteiger charge is 2.09. The highest BCUT2D eigenvalue weighted by Crippen LogP contribution is 2.22. The molecule has 0 spiro atoms. The van der Waals surface area contributed by atoms with E-state index < -0.39 is 0 Å². The van der Waals surface area contributed by atoms with Gasteiger partial charge in [-0.05, 0) is 29.8 Å². The maximum Gasteiger partial charge on any atom is 0.106 e. The van der Waals surface area contributed by atoms with Crippen LogP contribution in [0.2, 0.25) is 0 Å². The third-order valence-electron chi connectivity index (χ3n) is 2.89. The number of hydrogen-bond donors (Lipinski definition) is 1. The lowest BCUT2D eigenvalue weighted by Gasteiger charge is -2.22. The maximum atomic E-state index is 5.77. The van der Waals surface area contributed by atoms with E-state index in [1.165, 1.54) is 5.56 Å². The Balaban J connectivity index is 2.25. The first-order valence-corrected chi connectivity index (χ1v) is 7.12. The summed E-state index contributed by atoms with van der Waals surface area (Å²) in [6, 6.07) is 16.2. The molecule has 2 rings (SSSR count). The van der Waals surface area contributed by atoms with E-state index >= 15 is 0 Å². The average molecular weight is 335 g/mol. The van der Waals surface area contributed by atoms with Gasteiger partial charge in [-0.15, -0.1) is 0 Å². The lowest BCUT2D eigenvalue weighted by molar-refractivity contribution is 0.921. The number of anilines is 1. The molecule has 0 aliphatic heterocycles. The number of hydrogen-bond acceptors (Lipinski definition) is 2. The second kappa shape index (κ2) is 6.17. The van der Waals surface area contributed by atoms with Crippen LogP contribution < -0.4 is 10.6 Å². The molecule has 0 amide bonds. The van der Waals surface area contributed by atoms with Gasteiger partial charge in [-0.3, -0.25) is 0 Å². The van der Waals surface area contributed by atoms with Gasteiger partial charge in [-0.1, -0.05) is 52.4 Å². The van der Waals surface area contributed by atoms with Crippen LogP contribution in [0.1, 0.15) is 11.1 Å². The molecule has 4 heteroatoms. The summed E-state index contributed by atoms with van der Waals surface area (Å²) in [5.41, 5.74) is 8.96. The topological polar surface area (TPSA) is 29.3 Å². The molecule has 0 atom stereocenters. The molecule has 0 fully saturated rings. The quantitative estimate of drug-likeness (QED) is 0.864. The Morgan fingerprint density at radius 3 is 2.63 bits per heavy atom. The summed E-state index contributed by atoms with van der Waals surface area (Å²) >= 11 is 8.58. The Labute approximate surface area is 127 Å². The summed E-state index contributed by atoms with van der Waals surface area (Å²) in [6.07, 6.45) is 0. The molecule has 0 aromatic heterocycles. The summed E-state index contributed by atoms with van der Waals surface area (Å²) < 4.78 is 1.08. The van der Waals surface area contributed by atoms with E-state index in [1.807, 2.05) is 43.4 Å². The van der Waals surface area contributed by atoms with Crippen LogP contribution in [0.15, 0.2) is 53.0 Å². The number of nitrogens with zero attached hydrogens (tertiary/aromatic N) is 1. The van der Waals surface area contributed by atoms with E-state index in [1.54, 1.807) is 0 Å². The second-order valence-electron chi connectivity index (χ2n) is 4.37. The van der Waals surface area contributed by atoms with Crippen LogP contribution in [0, 0.1) is 0 Å². The van der Waals surface area contributed by atoms with E-state index in [9.17, 15) is 0 Å². The fourth-order valence-electron chi connectivity index (χ4n) is 2.01. The molecular weight excluding hydrogens is 320 g/mol. The van der Waals surface area contributed by atoms with Crippen LogP contribution in [-0.4, -0.2) is 12.0 Å². The molecule has 2 nitrogen and oxygen atoms in total. The van der Waals surface area contributed by atoms with Crippen LogP contribution in [0.3, 0.4) is 0 Å². The predicted octanol–water partition coefficient (Wildman–Crippen LogP) is 3.72. The summed E-state index contributed by atoms with van der Waals surface area (Å²) in [6.45, 7) is 0.805. The summed E-state index contributed by atoms with van der Waals surface area (Å²) in [5.74, 6) is 0. The van der Waals surface area contributed by atoms with Gasteiger partial charge in [-0.25, -0.2) is 0 Å². The highest BCUT2D eigenvalue weighted by atomic mass is 79.9. The zero-order valence-electron chi connectivity index (χ0n) is 10.6. The maximum absolute atomic E-state index is 5.77. The minimum Gasteiger partial charge on any atom is -0.389 e. The van der Waals surface area contributed by atoms with Gasteiger partial charge in [0, 0.05) is 29.3 Å². The number of para-hydroxylation sites is 1. The number of rotatable bonds is 4. The van der Waals surface area contributed by atoms with E-state index in [0.29, 0.717) is 4.99 Å². The Bertz CT molecular complexity index is 598. The normalized spacial score (nSPS) is 10.2.